The van der Waals surface area contributed by atoms with Crippen molar-refractivity contribution in [2.24, 2.45) is 0 Å². The fourth-order valence-corrected chi connectivity index (χ4v) is 5.14. The zero-order valence-electron chi connectivity index (χ0n) is 18.5. The normalized spacial score (nSPS) is 13.9. The largest absolute Gasteiger partial charge is 0.379 e. The monoisotopic (exact) mass is 541 g/mol. The molecule has 0 bridgehead atoms. The van der Waals surface area contributed by atoms with Gasteiger partial charge in [-0.05, 0) is 24.6 Å². The van der Waals surface area contributed by atoms with Crippen LogP contribution in [0.25, 0.3) is 10.2 Å². The summed E-state index contributed by atoms with van der Waals surface area (Å²) in [7, 11) is 0. The van der Waals surface area contributed by atoms with E-state index in [4.69, 9.17) is 16.3 Å². The molecule has 2 aromatic carbocycles. The van der Waals surface area contributed by atoms with Gasteiger partial charge in [0.05, 0.1) is 44.9 Å². The first kappa shape index (κ1) is 26.7. The van der Waals surface area contributed by atoms with Crippen molar-refractivity contribution >= 4 is 68.0 Å². The average Bonchev–Trinajstić information content (AvgIpc) is 3.23. The second-order valence-electron chi connectivity index (χ2n) is 7.73. The summed E-state index contributed by atoms with van der Waals surface area (Å²) in [5.74, 6) is -0.608. The number of morpholine rings is 1. The summed E-state index contributed by atoms with van der Waals surface area (Å²) in [6.07, 6.45) is 0. The number of aromatic nitrogens is 1. The molecule has 14 heteroatoms. The number of nitro benzene ring substituents is 2. The quantitative estimate of drug-likeness (QED) is 0.316. The van der Waals surface area contributed by atoms with Gasteiger partial charge in [-0.3, -0.25) is 34.8 Å². The Morgan fingerprint density at radius 1 is 1.14 bits per heavy atom. The summed E-state index contributed by atoms with van der Waals surface area (Å²) >= 11 is 7.44. The van der Waals surface area contributed by atoms with Crippen molar-refractivity contribution in [2.45, 2.75) is 6.92 Å². The van der Waals surface area contributed by atoms with Crippen LogP contribution in [0.5, 0.6) is 0 Å². The van der Waals surface area contributed by atoms with E-state index in [0.717, 1.165) is 28.5 Å². The zero-order chi connectivity index (χ0) is 24.4. The number of halogens is 2. The number of ether oxygens (including phenoxy) is 1. The summed E-state index contributed by atoms with van der Waals surface area (Å²) in [4.78, 5) is 42.9. The summed E-state index contributed by atoms with van der Waals surface area (Å²) in [5.41, 5.74) is 0.322. The number of carbonyl (C=O) groups is 1. The van der Waals surface area contributed by atoms with Gasteiger partial charge in [0.1, 0.15) is 0 Å². The minimum absolute atomic E-state index is 0. The molecule has 0 N–H and O–H groups in total. The lowest BCUT2D eigenvalue weighted by atomic mass is 10.1. The molecule has 3 aromatic rings. The molecular formula is C21H21Cl2N5O6S. The topological polar surface area (TPSA) is 132 Å². The Labute approximate surface area is 215 Å². The Bertz CT molecular complexity index is 1250. The Kier molecular flexibility index (Phi) is 8.56. The third-order valence-corrected chi connectivity index (χ3v) is 6.67. The van der Waals surface area contributed by atoms with Gasteiger partial charge in [-0.2, -0.15) is 0 Å². The molecule has 1 fully saturated rings. The highest BCUT2D eigenvalue weighted by atomic mass is 35.5. The van der Waals surface area contributed by atoms with Crippen molar-refractivity contribution in [2.75, 3.05) is 44.3 Å². The number of carbonyl (C=O) groups excluding carboxylic acids is 1. The number of benzene rings is 2. The lowest BCUT2D eigenvalue weighted by molar-refractivity contribution is -0.394. The van der Waals surface area contributed by atoms with Gasteiger partial charge in [-0.15, -0.1) is 12.4 Å². The van der Waals surface area contributed by atoms with Crippen LogP contribution in [0.15, 0.2) is 30.3 Å². The number of aryl methyl sites for hydroxylation is 1. The first-order valence-electron chi connectivity index (χ1n) is 10.4. The smallest absolute Gasteiger partial charge is 0.277 e. The number of hydrogen-bond acceptors (Lipinski definition) is 9. The van der Waals surface area contributed by atoms with E-state index in [1.54, 1.807) is 12.1 Å². The van der Waals surface area contributed by atoms with Gasteiger partial charge in [0.25, 0.3) is 17.3 Å². The Morgan fingerprint density at radius 3 is 2.37 bits per heavy atom. The Balaban J connectivity index is 0.00000342. The van der Waals surface area contributed by atoms with Gasteiger partial charge >= 0.3 is 0 Å². The van der Waals surface area contributed by atoms with Crippen molar-refractivity contribution in [3.63, 3.8) is 0 Å². The average molecular weight is 542 g/mol. The minimum atomic E-state index is -0.759. The van der Waals surface area contributed by atoms with Gasteiger partial charge in [0.2, 0.25) is 0 Å². The molecule has 1 aliphatic heterocycles. The molecule has 1 aliphatic rings. The van der Waals surface area contributed by atoms with Crippen LogP contribution in [0.4, 0.5) is 16.5 Å². The molecule has 0 atom stereocenters. The molecule has 4 rings (SSSR count). The first-order valence-corrected chi connectivity index (χ1v) is 11.5. The zero-order valence-corrected chi connectivity index (χ0v) is 20.9. The predicted octanol–water partition coefficient (Wildman–Crippen LogP) is 4.48. The molecule has 1 amide bonds. The standard InChI is InChI=1S/C21H20ClN5O6S.ClH/c1-13-8-15(22)11-18-19(13)23-21(34-18)25(3-2-24-4-6-33-7-5-24)20(28)14-9-16(26(29)30)12-17(10-14)27(31)32;/h8-12H,2-7H2,1H3;1H. The molecule has 186 valence electrons. The number of hydrogen-bond donors (Lipinski definition) is 0. The van der Waals surface area contributed by atoms with E-state index in [1.807, 2.05) is 6.92 Å². The van der Waals surface area contributed by atoms with Crippen molar-refractivity contribution < 1.29 is 19.4 Å². The summed E-state index contributed by atoms with van der Waals surface area (Å²) < 4.78 is 6.16. The molecule has 0 aliphatic carbocycles. The third kappa shape index (κ3) is 6.03. The summed E-state index contributed by atoms with van der Waals surface area (Å²) in [5, 5.41) is 23.6. The van der Waals surface area contributed by atoms with E-state index in [9.17, 15) is 25.0 Å². The fourth-order valence-electron chi connectivity index (χ4n) is 3.69. The summed E-state index contributed by atoms with van der Waals surface area (Å²) in [6.45, 7) is 5.21. The van der Waals surface area contributed by atoms with E-state index in [1.165, 1.54) is 16.2 Å². The summed E-state index contributed by atoms with van der Waals surface area (Å²) in [6, 6.07) is 6.46. The van der Waals surface area contributed by atoms with Gasteiger partial charge in [0.15, 0.2) is 5.13 Å². The van der Waals surface area contributed by atoms with Crippen molar-refractivity contribution in [1.29, 1.82) is 0 Å². The number of fused-ring (bicyclic) bond motifs is 1. The SMILES string of the molecule is Cc1cc(Cl)cc2sc(N(CCN3CCOCC3)C(=O)c3cc([N+](=O)[O-])cc([N+](=O)[O-])c3)nc12.Cl. The van der Waals surface area contributed by atoms with Gasteiger partial charge in [-0.25, -0.2) is 4.98 Å². The minimum Gasteiger partial charge on any atom is -0.379 e. The number of nitro groups is 2. The maximum Gasteiger partial charge on any atom is 0.277 e. The second-order valence-corrected chi connectivity index (χ2v) is 9.17. The number of amides is 1. The highest BCUT2D eigenvalue weighted by Crippen LogP contribution is 2.34. The third-order valence-electron chi connectivity index (χ3n) is 5.43. The van der Waals surface area contributed by atoms with Crippen LogP contribution in [0.3, 0.4) is 0 Å². The van der Waals surface area contributed by atoms with Crippen molar-refractivity contribution in [3.05, 3.63) is 66.7 Å². The highest BCUT2D eigenvalue weighted by Gasteiger charge is 2.27. The van der Waals surface area contributed by atoms with Crippen molar-refractivity contribution in [1.82, 2.24) is 9.88 Å². The van der Waals surface area contributed by atoms with Gasteiger partial charge in [-0.1, -0.05) is 22.9 Å². The van der Waals surface area contributed by atoms with Crippen LogP contribution >= 0.6 is 35.3 Å². The van der Waals surface area contributed by atoms with Crippen LogP contribution in [0.2, 0.25) is 5.02 Å². The van der Waals surface area contributed by atoms with Crippen LogP contribution < -0.4 is 4.90 Å². The van der Waals surface area contributed by atoms with Gasteiger partial charge < -0.3 is 4.74 Å². The highest BCUT2D eigenvalue weighted by molar-refractivity contribution is 7.22. The molecule has 1 aromatic heterocycles. The van der Waals surface area contributed by atoms with E-state index < -0.39 is 27.1 Å². The van der Waals surface area contributed by atoms with Crippen molar-refractivity contribution in [3.8, 4) is 0 Å². The predicted molar refractivity (Wildman–Crippen MR) is 135 cm³/mol. The lowest BCUT2D eigenvalue weighted by Crippen LogP contribution is -2.43. The van der Waals surface area contributed by atoms with Gasteiger partial charge in [0, 0.05) is 43.3 Å². The molecule has 35 heavy (non-hydrogen) atoms. The van der Waals surface area contributed by atoms with Crippen LogP contribution in [0.1, 0.15) is 15.9 Å². The van der Waals surface area contributed by atoms with E-state index >= 15 is 0 Å². The molecule has 0 spiro atoms. The molecule has 1 saturated heterocycles. The maximum atomic E-state index is 13.6. The number of thiazole rings is 1. The first-order chi connectivity index (χ1) is 16.2. The molecule has 0 saturated carbocycles. The lowest BCUT2D eigenvalue weighted by Gasteiger charge is -2.29. The number of nitrogens with zero attached hydrogens (tertiary/aromatic N) is 5. The maximum absolute atomic E-state index is 13.6. The molecular weight excluding hydrogens is 521 g/mol. The van der Waals surface area contributed by atoms with E-state index in [-0.39, 0.29) is 24.5 Å². The van der Waals surface area contributed by atoms with Crippen LogP contribution in [-0.4, -0.2) is 65.0 Å². The van der Waals surface area contributed by atoms with E-state index in [2.05, 4.69) is 9.88 Å². The number of anilines is 1. The molecule has 2 heterocycles. The fraction of sp³-hybridized carbons (Fsp3) is 0.333. The van der Waals surface area contributed by atoms with Crippen LogP contribution in [0, 0.1) is 27.2 Å². The Morgan fingerprint density at radius 2 is 1.77 bits per heavy atom. The van der Waals surface area contributed by atoms with Crippen LogP contribution in [-0.2, 0) is 4.74 Å². The number of non-ortho nitro benzene ring substituents is 2. The molecule has 0 radical (unpaired) electrons. The molecule has 0 unspecified atom stereocenters. The Hall–Kier alpha value is -2.90. The number of rotatable bonds is 7. The van der Waals surface area contributed by atoms with E-state index in [0.29, 0.717) is 48.5 Å². The molecule has 11 nitrogen and oxygen atoms in total. The second kappa shape index (κ2) is 11.2.